The summed E-state index contributed by atoms with van der Waals surface area (Å²) in [6, 6.07) is 12.9. The highest BCUT2D eigenvalue weighted by Gasteiger charge is 2.12. The summed E-state index contributed by atoms with van der Waals surface area (Å²) >= 11 is 18.3. The minimum Gasteiger partial charge on any atom is -0.148 e. The molecular formula is C14H7Cl3N2. The second-order valence-electron chi connectivity index (χ2n) is 4.01. The standard InChI is InChI=1S/C14H7Cl3N2/c15-8-5-6-12(16)11(7-8)13-9-3-1-2-4-10(9)14(17)19-18-13/h1-7H. The molecule has 1 aromatic heterocycles. The lowest BCUT2D eigenvalue weighted by Crippen LogP contribution is -1.92. The van der Waals surface area contributed by atoms with Crippen molar-refractivity contribution in [1.82, 2.24) is 10.2 Å². The maximum atomic E-state index is 6.21. The lowest BCUT2D eigenvalue weighted by molar-refractivity contribution is 1.06. The van der Waals surface area contributed by atoms with Gasteiger partial charge in [-0.1, -0.05) is 59.1 Å². The van der Waals surface area contributed by atoms with Crippen LogP contribution in [0.25, 0.3) is 22.0 Å². The molecule has 0 atom stereocenters. The molecule has 0 fully saturated rings. The van der Waals surface area contributed by atoms with Gasteiger partial charge in [0.25, 0.3) is 0 Å². The lowest BCUT2D eigenvalue weighted by Gasteiger charge is -2.08. The Labute approximate surface area is 124 Å². The first-order valence-corrected chi connectivity index (χ1v) is 6.66. The average Bonchev–Trinajstić information content (AvgIpc) is 2.43. The van der Waals surface area contributed by atoms with Crippen LogP contribution in [0.1, 0.15) is 0 Å². The second kappa shape index (κ2) is 4.97. The van der Waals surface area contributed by atoms with Gasteiger partial charge in [-0.25, -0.2) is 0 Å². The Hall–Kier alpha value is -1.35. The fraction of sp³-hybridized carbons (Fsp3) is 0. The van der Waals surface area contributed by atoms with Gasteiger partial charge in [-0.2, -0.15) is 0 Å². The van der Waals surface area contributed by atoms with Gasteiger partial charge in [-0.15, -0.1) is 10.2 Å². The van der Waals surface area contributed by atoms with Gasteiger partial charge in [0.15, 0.2) is 5.15 Å². The number of fused-ring (bicyclic) bond motifs is 1. The summed E-state index contributed by atoms with van der Waals surface area (Å²) in [5, 5.41) is 11.4. The molecule has 0 amide bonds. The first-order chi connectivity index (χ1) is 9.16. The molecular weight excluding hydrogens is 303 g/mol. The maximum Gasteiger partial charge on any atom is 0.159 e. The van der Waals surface area contributed by atoms with Crippen LogP contribution in [-0.4, -0.2) is 10.2 Å². The molecule has 0 saturated heterocycles. The van der Waals surface area contributed by atoms with Crippen LogP contribution in [0.2, 0.25) is 15.2 Å². The molecule has 2 aromatic carbocycles. The van der Waals surface area contributed by atoms with Gasteiger partial charge in [0.2, 0.25) is 0 Å². The zero-order valence-electron chi connectivity index (χ0n) is 9.57. The molecule has 0 N–H and O–H groups in total. The van der Waals surface area contributed by atoms with Crippen molar-refractivity contribution in [2.75, 3.05) is 0 Å². The molecule has 0 bridgehead atoms. The quantitative estimate of drug-likeness (QED) is 0.613. The van der Waals surface area contributed by atoms with E-state index in [1.807, 2.05) is 24.3 Å². The Bertz CT molecular complexity index is 772. The van der Waals surface area contributed by atoms with Gasteiger partial charge in [0.05, 0.1) is 5.02 Å². The van der Waals surface area contributed by atoms with Crippen LogP contribution < -0.4 is 0 Å². The lowest BCUT2D eigenvalue weighted by atomic mass is 10.1. The van der Waals surface area contributed by atoms with Crippen molar-refractivity contribution in [1.29, 1.82) is 0 Å². The van der Waals surface area contributed by atoms with Crippen LogP contribution in [0.5, 0.6) is 0 Å². The van der Waals surface area contributed by atoms with E-state index in [1.165, 1.54) is 0 Å². The summed E-state index contributed by atoms with van der Waals surface area (Å²) < 4.78 is 0. The highest BCUT2D eigenvalue weighted by molar-refractivity contribution is 6.36. The zero-order chi connectivity index (χ0) is 13.4. The SMILES string of the molecule is Clc1ccc(Cl)c(-c2nnc(Cl)c3ccccc23)c1. The van der Waals surface area contributed by atoms with E-state index >= 15 is 0 Å². The summed E-state index contributed by atoms with van der Waals surface area (Å²) in [5.41, 5.74) is 1.42. The van der Waals surface area contributed by atoms with E-state index in [0.29, 0.717) is 20.9 Å². The molecule has 1 heterocycles. The molecule has 0 aliphatic heterocycles. The van der Waals surface area contributed by atoms with Crippen molar-refractivity contribution in [3.8, 4) is 11.3 Å². The van der Waals surface area contributed by atoms with Gasteiger partial charge in [0.1, 0.15) is 5.69 Å². The largest absolute Gasteiger partial charge is 0.159 e. The summed E-state index contributed by atoms with van der Waals surface area (Å²) in [4.78, 5) is 0. The Kier molecular flexibility index (Phi) is 3.31. The van der Waals surface area contributed by atoms with Gasteiger partial charge in [0, 0.05) is 21.4 Å². The van der Waals surface area contributed by atoms with Gasteiger partial charge >= 0.3 is 0 Å². The summed E-state index contributed by atoms with van der Waals surface area (Å²) in [6.07, 6.45) is 0. The highest BCUT2D eigenvalue weighted by Crippen LogP contribution is 2.34. The van der Waals surface area contributed by atoms with E-state index in [0.717, 1.165) is 16.3 Å². The first kappa shape index (κ1) is 12.7. The molecule has 3 aromatic rings. The maximum absolute atomic E-state index is 6.21. The van der Waals surface area contributed by atoms with Crippen LogP contribution in [0.3, 0.4) is 0 Å². The van der Waals surface area contributed by atoms with Crippen LogP contribution in [-0.2, 0) is 0 Å². The van der Waals surface area contributed by atoms with Crippen LogP contribution in [0, 0.1) is 0 Å². The summed E-state index contributed by atoms with van der Waals surface area (Å²) in [7, 11) is 0. The monoisotopic (exact) mass is 308 g/mol. The van der Waals surface area contributed by atoms with Crippen molar-refractivity contribution in [2.45, 2.75) is 0 Å². The van der Waals surface area contributed by atoms with E-state index in [4.69, 9.17) is 34.8 Å². The van der Waals surface area contributed by atoms with Gasteiger partial charge in [-0.3, -0.25) is 0 Å². The molecule has 2 nitrogen and oxygen atoms in total. The first-order valence-electron chi connectivity index (χ1n) is 5.53. The molecule has 3 rings (SSSR count). The normalized spacial score (nSPS) is 10.9. The van der Waals surface area contributed by atoms with E-state index in [-0.39, 0.29) is 0 Å². The molecule has 0 spiro atoms. The molecule has 94 valence electrons. The predicted octanol–water partition coefficient (Wildman–Crippen LogP) is 5.26. The van der Waals surface area contributed by atoms with E-state index in [9.17, 15) is 0 Å². The van der Waals surface area contributed by atoms with Gasteiger partial charge < -0.3 is 0 Å². The Morgan fingerprint density at radius 3 is 2.32 bits per heavy atom. The topological polar surface area (TPSA) is 25.8 Å². The highest BCUT2D eigenvalue weighted by atomic mass is 35.5. The van der Waals surface area contributed by atoms with Crippen molar-refractivity contribution in [3.63, 3.8) is 0 Å². The molecule has 0 radical (unpaired) electrons. The third-order valence-electron chi connectivity index (χ3n) is 2.83. The number of hydrogen-bond donors (Lipinski definition) is 0. The van der Waals surface area contributed by atoms with E-state index < -0.39 is 0 Å². The Morgan fingerprint density at radius 1 is 0.789 bits per heavy atom. The van der Waals surface area contributed by atoms with Crippen LogP contribution in [0.4, 0.5) is 0 Å². The third-order valence-corrected chi connectivity index (χ3v) is 3.67. The number of hydrogen-bond acceptors (Lipinski definition) is 2. The smallest absolute Gasteiger partial charge is 0.148 e. The van der Waals surface area contributed by atoms with Gasteiger partial charge in [-0.05, 0) is 18.2 Å². The predicted molar refractivity (Wildman–Crippen MR) is 80.0 cm³/mol. The fourth-order valence-corrected chi connectivity index (χ4v) is 2.53. The number of aromatic nitrogens is 2. The minimum absolute atomic E-state index is 0.373. The number of rotatable bonds is 1. The number of nitrogens with zero attached hydrogens (tertiary/aromatic N) is 2. The number of benzene rings is 2. The molecule has 0 aliphatic carbocycles. The van der Waals surface area contributed by atoms with Crippen molar-refractivity contribution < 1.29 is 0 Å². The van der Waals surface area contributed by atoms with Crippen LogP contribution in [0.15, 0.2) is 42.5 Å². The number of halogens is 3. The fourth-order valence-electron chi connectivity index (χ4n) is 1.95. The Morgan fingerprint density at radius 2 is 1.53 bits per heavy atom. The third kappa shape index (κ3) is 2.27. The van der Waals surface area contributed by atoms with Crippen molar-refractivity contribution in [3.05, 3.63) is 57.7 Å². The van der Waals surface area contributed by atoms with Crippen molar-refractivity contribution >= 4 is 45.6 Å². The summed E-state index contributed by atoms with van der Waals surface area (Å²) in [6.45, 7) is 0. The van der Waals surface area contributed by atoms with E-state index in [1.54, 1.807) is 18.2 Å². The average molecular weight is 310 g/mol. The van der Waals surface area contributed by atoms with Crippen LogP contribution >= 0.6 is 34.8 Å². The molecule has 19 heavy (non-hydrogen) atoms. The molecule has 0 unspecified atom stereocenters. The summed E-state index contributed by atoms with van der Waals surface area (Å²) in [5.74, 6) is 0. The molecule has 5 heteroatoms. The molecule has 0 saturated carbocycles. The minimum atomic E-state index is 0.373. The Balaban J connectivity index is 2.37. The van der Waals surface area contributed by atoms with Crippen molar-refractivity contribution in [2.24, 2.45) is 0 Å². The molecule has 0 aliphatic rings. The second-order valence-corrected chi connectivity index (χ2v) is 5.21. The van der Waals surface area contributed by atoms with E-state index in [2.05, 4.69) is 10.2 Å². The zero-order valence-corrected chi connectivity index (χ0v) is 11.8.